The van der Waals surface area contributed by atoms with E-state index in [1.54, 1.807) is 6.92 Å². The summed E-state index contributed by atoms with van der Waals surface area (Å²) in [6.45, 7) is 3.25. The number of aliphatic carboxylic acids is 1. The van der Waals surface area contributed by atoms with Crippen LogP contribution in [-0.4, -0.2) is 48.3 Å². The Morgan fingerprint density at radius 2 is 1.88 bits per heavy atom. The number of carboxylic acids is 1. The molecule has 0 bridgehead atoms. The molecule has 2 rings (SSSR count). The largest absolute Gasteiger partial charge is 0.480 e. The van der Waals surface area contributed by atoms with Crippen LogP contribution < -0.4 is 5.32 Å². The summed E-state index contributed by atoms with van der Waals surface area (Å²) < 4.78 is 40.1. The standard InChI is InChI=1S/C17H23FN2O5S/c1-3-17(2,16(22)23)19-15(21)12-8-10-20(11-9-12)26(24,25)14-7-5-4-6-13(14)18/h4-7,12H,3,8-11H2,1-2H3,(H,19,21)(H,22,23). The highest BCUT2D eigenvalue weighted by Crippen LogP contribution is 2.26. The number of carbonyl (C=O) groups is 2. The molecular weight excluding hydrogens is 363 g/mol. The van der Waals surface area contributed by atoms with Crippen LogP contribution in [0.5, 0.6) is 0 Å². The van der Waals surface area contributed by atoms with E-state index in [9.17, 15) is 27.5 Å². The topological polar surface area (TPSA) is 104 Å². The van der Waals surface area contributed by atoms with Crippen LogP contribution in [0.1, 0.15) is 33.1 Å². The Morgan fingerprint density at radius 3 is 2.38 bits per heavy atom. The normalized spacial score (nSPS) is 18.9. The van der Waals surface area contributed by atoms with Crippen molar-refractivity contribution in [2.75, 3.05) is 13.1 Å². The Bertz CT molecular complexity index is 790. The fourth-order valence-corrected chi connectivity index (χ4v) is 4.35. The minimum Gasteiger partial charge on any atom is -0.480 e. The van der Waals surface area contributed by atoms with Crippen molar-refractivity contribution in [2.24, 2.45) is 5.92 Å². The molecule has 144 valence electrons. The number of hydrogen-bond donors (Lipinski definition) is 2. The smallest absolute Gasteiger partial charge is 0.329 e. The minimum atomic E-state index is -3.96. The summed E-state index contributed by atoms with van der Waals surface area (Å²) in [5.41, 5.74) is -1.35. The molecule has 1 heterocycles. The molecule has 1 aromatic rings. The Morgan fingerprint density at radius 1 is 1.31 bits per heavy atom. The third-order valence-electron chi connectivity index (χ3n) is 4.86. The van der Waals surface area contributed by atoms with Gasteiger partial charge in [-0.15, -0.1) is 0 Å². The maximum atomic E-state index is 13.8. The highest BCUT2D eigenvalue weighted by molar-refractivity contribution is 7.89. The summed E-state index contributed by atoms with van der Waals surface area (Å²) in [7, 11) is -3.96. The van der Waals surface area contributed by atoms with E-state index in [1.807, 2.05) is 0 Å². The van der Waals surface area contributed by atoms with Crippen LogP contribution in [-0.2, 0) is 19.6 Å². The number of carboxylic acid groups (broad SMARTS) is 1. The number of piperidine rings is 1. The lowest BCUT2D eigenvalue weighted by molar-refractivity contribution is -0.147. The maximum Gasteiger partial charge on any atom is 0.329 e. The highest BCUT2D eigenvalue weighted by atomic mass is 32.2. The lowest BCUT2D eigenvalue weighted by Crippen LogP contribution is -2.54. The predicted octanol–water partition coefficient (Wildman–Crippen LogP) is 1.60. The van der Waals surface area contributed by atoms with Gasteiger partial charge in [0.2, 0.25) is 15.9 Å². The van der Waals surface area contributed by atoms with Gasteiger partial charge in [-0.3, -0.25) is 4.79 Å². The molecule has 0 radical (unpaired) electrons. The fraction of sp³-hybridized carbons (Fsp3) is 0.529. The van der Waals surface area contributed by atoms with Gasteiger partial charge in [-0.1, -0.05) is 19.1 Å². The molecule has 7 nitrogen and oxygen atoms in total. The first-order valence-electron chi connectivity index (χ1n) is 8.42. The van der Waals surface area contributed by atoms with E-state index in [0.717, 1.165) is 10.4 Å². The molecule has 1 aromatic carbocycles. The maximum absolute atomic E-state index is 13.8. The van der Waals surface area contributed by atoms with Crippen molar-refractivity contribution in [3.05, 3.63) is 30.1 Å². The average Bonchev–Trinajstić information content (AvgIpc) is 2.61. The van der Waals surface area contributed by atoms with Gasteiger partial charge in [0.15, 0.2) is 0 Å². The average molecular weight is 386 g/mol. The number of nitrogens with one attached hydrogen (secondary N) is 1. The molecule has 2 N–H and O–H groups in total. The summed E-state index contributed by atoms with van der Waals surface area (Å²) in [4.78, 5) is 23.3. The number of hydrogen-bond acceptors (Lipinski definition) is 4. The first kappa shape index (κ1) is 20.3. The van der Waals surface area contributed by atoms with Crippen molar-refractivity contribution in [2.45, 2.75) is 43.5 Å². The Hall–Kier alpha value is -2.00. The lowest BCUT2D eigenvalue weighted by atomic mass is 9.93. The molecule has 0 saturated carbocycles. The van der Waals surface area contributed by atoms with Crippen molar-refractivity contribution in [1.29, 1.82) is 0 Å². The first-order chi connectivity index (χ1) is 12.1. The predicted molar refractivity (Wildman–Crippen MR) is 92.4 cm³/mol. The molecule has 0 aliphatic carbocycles. The van der Waals surface area contributed by atoms with Gasteiger partial charge in [-0.2, -0.15) is 4.31 Å². The number of amides is 1. The summed E-state index contributed by atoms with van der Waals surface area (Å²) in [5.74, 6) is -2.81. The highest BCUT2D eigenvalue weighted by Gasteiger charge is 2.37. The molecule has 9 heteroatoms. The molecular formula is C17H23FN2O5S. The second kappa shape index (κ2) is 7.71. The number of halogens is 1. The van der Waals surface area contributed by atoms with Gasteiger partial charge < -0.3 is 10.4 Å². The number of benzene rings is 1. The van der Waals surface area contributed by atoms with Crippen molar-refractivity contribution in [3.63, 3.8) is 0 Å². The molecule has 0 spiro atoms. The second-order valence-corrected chi connectivity index (χ2v) is 8.50. The van der Waals surface area contributed by atoms with Crippen LogP contribution in [0, 0.1) is 11.7 Å². The second-order valence-electron chi connectivity index (χ2n) is 6.59. The Kier molecular flexibility index (Phi) is 6.02. The van der Waals surface area contributed by atoms with E-state index in [4.69, 9.17) is 0 Å². The lowest BCUT2D eigenvalue weighted by Gasteiger charge is -2.33. The number of sulfonamides is 1. The first-order valence-corrected chi connectivity index (χ1v) is 9.86. The zero-order valence-electron chi connectivity index (χ0n) is 14.7. The quantitative estimate of drug-likeness (QED) is 0.773. The molecule has 1 saturated heterocycles. The van der Waals surface area contributed by atoms with Gasteiger partial charge in [-0.05, 0) is 38.3 Å². The van der Waals surface area contributed by atoms with Gasteiger partial charge >= 0.3 is 5.97 Å². The molecule has 0 aromatic heterocycles. The van der Waals surface area contributed by atoms with Crippen molar-refractivity contribution >= 4 is 21.9 Å². The van der Waals surface area contributed by atoms with Gasteiger partial charge in [0.1, 0.15) is 16.3 Å². The monoisotopic (exact) mass is 386 g/mol. The summed E-state index contributed by atoms with van der Waals surface area (Å²) in [6, 6.07) is 5.17. The van der Waals surface area contributed by atoms with Gasteiger partial charge in [0.05, 0.1) is 0 Å². The van der Waals surface area contributed by atoms with Crippen molar-refractivity contribution in [1.82, 2.24) is 9.62 Å². The third kappa shape index (κ3) is 4.04. The zero-order chi connectivity index (χ0) is 19.5. The van der Waals surface area contributed by atoms with Crippen LogP contribution >= 0.6 is 0 Å². The molecule has 1 aliphatic rings. The van der Waals surface area contributed by atoms with E-state index in [2.05, 4.69) is 5.32 Å². The molecule has 1 fully saturated rings. The molecule has 1 aliphatic heterocycles. The minimum absolute atomic E-state index is 0.0741. The number of nitrogens with zero attached hydrogens (tertiary/aromatic N) is 1. The van der Waals surface area contributed by atoms with Crippen LogP contribution in [0.3, 0.4) is 0 Å². The van der Waals surface area contributed by atoms with Crippen LogP contribution in [0.2, 0.25) is 0 Å². The van der Waals surface area contributed by atoms with Gasteiger partial charge in [0.25, 0.3) is 0 Å². The van der Waals surface area contributed by atoms with Crippen LogP contribution in [0.25, 0.3) is 0 Å². The van der Waals surface area contributed by atoms with E-state index < -0.39 is 39.2 Å². The summed E-state index contributed by atoms with van der Waals surface area (Å²) >= 11 is 0. The van der Waals surface area contributed by atoms with Gasteiger partial charge in [-0.25, -0.2) is 17.6 Å². The Labute approximate surface area is 152 Å². The molecule has 26 heavy (non-hydrogen) atoms. The van der Waals surface area contributed by atoms with Crippen LogP contribution in [0.4, 0.5) is 4.39 Å². The zero-order valence-corrected chi connectivity index (χ0v) is 15.6. The number of rotatable bonds is 6. The summed E-state index contributed by atoms with van der Waals surface area (Å²) in [6.07, 6.45) is 0.729. The van der Waals surface area contributed by atoms with E-state index in [0.29, 0.717) is 0 Å². The summed E-state index contributed by atoms with van der Waals surface area (Å²) in [5, 5.41) is 11.8. The Balaban J connectivity index is 2.04. The fourth-order valence-electron chi connectivity index (χ4n) is 2.82. The molecule has 1 atom stereocenters. The van der Waals surface area contributed by atoms with Crippen molar-refractivity contribution in [3.8, 4) is 0 Å². The van der Waals surface area contributed by atoms with E-state index >= 15 is 0 Å². The van der Waals surface area contributed by atoms with E-state index in [1.165, 1.54) is 25.1 Å². The van der Waals surface area contributed by atoms with Gasteiger partial charge in [0, 0.05) is 19.0 Å². The van der Waals surface area contributed by atoms with Crippen LogP contribution in [0.15, 0.2) is 29.2 Å². The third-order valence-corrected chi connectivity index (χ3v) is 6.79. The SMILES string of the molecule is CCC(C)(NC(=O)C1CCN(S(=O)(=O)c2ccccc2F)CC1)C(=O)O. The number of carbonyl (C=O) groups excluding carboxylic acids is 1. The van der Waals surface area contributed by atoms with Crippen molar-refractivity contribution < 1.29 is 27.5 Å². The van der Waals surface area contributed by atoms with E-state index in [-0.39, 0.29) is 37.2 Å². The molecule has 1 unspecified atom stereocenters. The molecule has 1 amide bonds.